The van der Waals surface area contributed by atoms with E-state index in [0.29, 0.717) is 6.61 Å². The van der Waals surface area contributed by atoms with Gasteiger partial charge in [-0.05, 0) is 19.1 Å². The van der Waals surface area contributed by atoms with Crippen molar-refractivity contribution in [1.82, 2.24) is 4.98 Å². The highest BCUT2D eigenvalue weighted by molar-refractivity contribution is 5.95. The van der Waals surface area contributed by atoms with Gasteiger partial charge in [0.05, 0.1) is 13.7 Å². The van der Waals surface area contributed by atoms with Crippen LogP contribution in [0.2, 0.25) is 0 Å². The molecule has 0 radical (unpaired) electrons. The van der Waals surface area contributed by atoms with Gasteiger partial charge in [0, 0.05) is 30.1 Å². The number of nitrogens with zero attached hydrogens (tertiary/aromatic N) is 1. The first-order chi connectivity index (χ1) is 8.76. The van der Waals surface area contributed by atoms with E-state index in [1.165, 1.54) is 0 Å². The number of rotatable bonds is 5. The molecular weight excluding hydrogens is 228 g/mol. The first-order valence-corrected chi connectivity index (χ1v) is 5.93. The fourth-order valence-corrected chi connectivity index (χ4v) is 2.00. The van der Waals surface area contributed by atoms with E-state index in [1.807, 2.05) is 24.3 Å². The Labute approximate surface area is 107 Å². The topological polar surface area (TPSA) is 43.4 Å². The van der Waals surface area contributed by atoms with Crippen LogP contribution in [0.1, 0.15) is 6.92 Å². The molecule has 96 valence electrons. The van der Waals surface area contributed by atoms with E-state index in [2.05, 4.69) is 17.2 Å². The number of methoxy groups -OCH3 is 2. The summed E-state index contributed by atoms with van der Waals surface area (Å²) in [5, 5.41) is 5.46. The monoisotopic (exact) mass is 246 g/mol. The van der Waals surface area contributed by atoms with Crippen LogP contribution in [0.3, 0.4) is 0 Å². The molecule has 1 N–H and O–H groups in total. The number of fused-ring (bicyclic) bond motifs is 1. The number of nitrogens with one attached hydrogen (secondary N) is 1. The molecule has 0 saturated heterocycles. The van der Waals surface area contributed by atoms with Crippen LogP contribution < -0.4 is 10.1 Å². The van der Waals surface area contributed by atoms with Crippen LogP contribution in [-0.2, 0) is 4.74 Å². The zero-order valence-corrected chi connectivity index (χ0v) is 10.9. The summed E-state index contributed by atoms with van der Waals surface area (Å²) in [4.78, 5) is 4.38. The second kappa shape index (κ2) is 5.69. The van der Waals surface area contributed by atoms with Gasteiger partial charge in [-0.3, -0.25) is 0 Å². The van der Waals surface area contributed by atoms with Crippen molar-refractivity contribution in [2.75, 3.05) is 26.1 Å². The third-order valence-corrected chi connectivity index (χ3v) is 2.79. The molecule has 0 saturated carbocycles. The molecule has 1 aromatic carbocycles. The van der Waals surface area contributed by atoms with Crippen LogP contribution in [-0.4, -0.2) is 31.9 Å². The summed E-state index contributed by atoms with van der Waals surface area (Å²) < 4.78 is 10.5. The molecule has 4 nitrogen and oxygen atoms in total. The van der Waals surface area contributed by atoms with Crippen molar-refractivity contribution in [2.45, 2.75) is 13.0 Å². The standard InChI is InChI=1S/C14H18N2O2/c1-10(9-17-2)16-14-12-5-4-6-13(18-3)11(12)7-8-15-14/h4-8,10H,9H2,1-3H3,(H,15,16). The number of hydrogen-bond acceptors (Lipinski definition) is 4. The average molecular weight is 246 g/mol. The molecule has 18 heavy (non-hydrogen) atoms. The molecule has 1 heterocycles. The Balaban J connectivity index is 2.39. The van der Waals surface area contributed by atoms with Crippen molar-refractivity contribution in [3.63, 3.8) is 0 Å². The maximum Gasteiger partial charge on any atom is 0.134 e. The Morgan fingerprint density at radius 3 is 2.78 bits per heavy atom. The molecule has 0 amide bonds. The number of aromatic nitrogens is 1. The summed E-state index contributed by atoms with van der Waals surface area (Å²) in [6, 6.07) is 8.12. The molecule has 1 unspecified atom stereocenters. The van der Waals surface area contributed by atoms with Gasteiger partial charge in [0.2, 0.25) is 0 Å². The Hall–Kier alpha value is -1.81. The minimum atomic E-state index is 0.208. The quantitative estimate of drug-likeness (QED) is 0.881. The van der Waals surface area contributed by atoms with Gasteiger partial charge >= 0.3 is 0 Å². The Kier molecular flexibility index (Phi) is 3.99. The van der Waals surface area contributed by atoms with E-state index in [1.54, 1.807) is 20.4 Å². The second-order valence-corrected chi connectivity index (χ2v) is 4.22. The van der Waals surface area contributed by atoms with Crippen molar-refractivity contribution in [3.05, 3.63) is 30.5 Å². The SMILES string of the molecule is COCC(C)Nc1nccc2c(OC)cccc12. The minimum absolute atomic E-state index is 0.208. The number of benzene rings is 1. The Morgan fingerprint density at radius 2 is 2.06 bits per heavy atom. The highest BCUT2D eigenvalue weighted by Crippen LogP contribution is 2.29. The summed E-state index contributed by atoms with van der Waals surface area (Å²) >= 11 is 0. The lowest BCUT2D eigenvalue weighted by Gasteiger charge is -2.15. The Morgan fingerprint density at radius 1 is 1.22 bits per heavy atom. The van der Waals surface area contributed by atoms with Crippen LogP contribution in [0.15, 0.2) is 30.5 Å². The summed E-state index contributed by atoms with van der Waals surface area (Å²) in [6.07, 6.45) is 1.78. The van der Waals surface area contributed by atoms with Crippen LogP contribution in [0, 0.1) is 0 Å². The molecule has 0 spiro atoms. The lowest BCUT2D eigenvalue weighted by Crippen LogP contribution is -2.21. The third kappa shape index (κ3) is 2.54. The highest BCUT2D eigenvalue weighted by atomic mass is 16.5. The number of ether oxygens (including phenoxy) is 2. The molecular formula is C14H18N2O2. The maximum atomic E-state index is 5.35. The lowest BCUT2D eigenvalue weighted by molar-refractivity contribution is 0.190. The van der Waals surface area contributed by atoms with E-state index >= 15 is 0 Å². The zero-order valence-electron chi connectivity index (χ0n) is 10.9. The molecule has 1 aromatic heterocycles. The number of hydrogen-bond donors (Lipinski definition) is 1. The molecule has 0 aliphatic carbocycles. The van der Waals surface area contributed by atoms with Gasteiger partial charge in [0.15, 0.2) is 0 Å². The van der Waals surface area contributed by atoms with E-state index in [4.69, 9.17) is 9.47 Å². The van der Waals surface area contributed by atoms with Crippen molar-refractivity contribution in [2.24, 2.45) is 0 Å². The Bertz CT molecular complexity index is 528. The molecule has 4 heteroatoms. The van der Waals surface area contributed by atoms with E-state index in [9.17, 15) is 0 Å². The van der Waals surface area contributed by atoms with Crippen LogP contribution in [0.5, 0.6) is 5.75 Å². The predicted molar refractivity (Wildman–Crippen MR) is 73.3 cm³/mol. The summed E-state index contributed by atoms with van der Waals surface area (Å²) in [7, 11) is 3.37. The van der Waals surface area contributed by atoms with E-state index in [0.717, 1.165) is 22.3 Å². The smallest absolute Gasteiger partial charge is 0.134 e. The fraction of sp³-hybridized carbons (Fsp3) is 0.357. The minimum Gasteiger partial charge on any atom is -0.496 e. The lowest BCUT2D eigenvalue weighted by atomic mass is 10.1. The molecule has 0 aliphatic rings. The number of anilines is 1. The first-order valence-electron chi connectivity index (χ1n) is 5.93. The summed E-state index contributed by atoms with van der Waals surface area (Å²) in [5.74, 6) is 1.72. The van der Waals surface area contributed by atoms with E-state index < -0.39 is 0 Å². The van der Waals surface area contributed by atoms with Gasteiger partial charge < -0.3 is 14.8 Å². The molecule has 0 bridgehead atoms. The normalized spacial score (nSPS) is 12.4. The molecule has 0 fully saturated rings. The summed E-state index contributed by atoms with van der Waals surface area (Å²) in [6.45, 7) is 2.70. The van der Waals surface area contributed by atoms with Crippen molar-refractivity contribution in [3.8, 4) is 5.75 Å². The average Bonchev–Trinajstić information content (AvgIpc) is 2.38. The highest BCUT2D eigenvalue weighted by Gasteiger charge is 2.08. The van der Waals surface area contributed by atoms with Gasteiger partial charge in [-0.1, -0.05) is 12.1 Å². The zero-order chi connectivity index (χ0) is 13.0. The van der Waals surface area contributed by atoms with Crippen LogP contribution in [0.25, 0.3) is 10.8 Å². The summed E-state index contributed by atoms with van der Waals surface area (Å²) in [5.41, 5.74) is 0. The van der Waals surface area contributed by atoms with Gasteiger partial charge in [-0.15, -0.1) is 0 Å². The van der Waals surface area contributed by atoms with Gasteiger partial charge in [-0.25, -0.2) is 4.98 Å². The molecule has 2 aromatic rings. The van der Waals surface area contributed by atoms with Crippen molar-refractivity contribution >= 4 is 16.6 Å². The van der Waals surface area contributed by atoms with Gasteiger partial charge in [0.1, 0.15) is 11.6 Å². The molecule has 2 rings (SSSR count). The number of pyridine rings is 1. The van der Waals surface area contributed by atoms with E-state index in [-0.39, 0.29) is 6.04 Å². The fourth-order valence-electron chi connectivity index (χ4n) is 2.00. The van der Waals surface area contributed by atoms with Gasteiger partial charge in [-0.2, -0.15) is 0 Å². The first kappa shape index (κ1) is 12.6. The van der Waals surface area contributed by atoms with Crippen molar-refractivity contribution in [1.29, 1.82) is 0 Å². The maximum absolute atomic E-state index is 5.35. The molecule has 1 atom stereocenters. The van der Waals surface area contributed by atoms with Crippen LogP contribution >= 0.6 is 0 Å². The second-order valence-electron chi connectivity index (χ2n) is 4.22. The van der Waals surface area contributed by atoms with Crippen LogP contribution in [0.4, 0.5) is 5.82 Å². The van der Waals surface area contributed by atoms with Crippen molar-refractivity contribution < 1.29 is 9.47 Å². The largest absolute Gasteiger partial charge is 0.496 e. The van der Waals surface area contributed by atoms with Gasteiger partial charge in [0.25, 0.3) is 0 Å². The molecule has 0 aliphatic heterocycles. The third-order valence-electron chi connectivity index (χ3n) is 2.79. The predicted octanol–water partition coefficient (Wildman–Crippen LogP) is 2.69.